The van der Waals surface area contributed by atoms with Gasteiger partial charge in [0.15, 0.2) is 0 Å². The highest BCUT2D eigenvalue weighted by Gasteiger charge is 2.24. The van der Waals surface area contributed by atoms with E-state index in [0.29, 0.717) is 22.0 Å². The van der Waals surface area contributed by atoms with Crippen LogP contribution in [0.1, 0.15) is 29.9 Å². The molecule has 0 radical (unpaired) electrons. The van der Waals surface area contributed by atoms with Crippen LogP contribution in [0, 0.1) is 0 Å². The van der Waals surface area contributed by atoms with Crippen molar-refractivity contribution in [3.05, 3.63) is 47.9 Å². The van der Waals surface area contributed by atoms with Gasteiger partial charge in [-0.1, -0.05) is 22.0 Å². The van der Waals surface area contributed by atoms with E-state index in [1.54, 1.807) is 25.4 Å². The van der Waals surface area contributed by atoms with Gasteiger partial charge in [0.05, 0.1) is 12.2 Å². The molecule has 2 heterocycles. The number of fused-ring (bicyclic) bond motifs is 1. The number of nitrogens with zero attached hydrogens (tertiary/aromatic N) is 2. The van der Waals surface area contributed by atoms with E-state index in [0.717, 1.165) is 22.3 Å². The molecule has 140 valence electrons. The molecule has 0 N–H and O–H groups in total. The first-order chi connectivity index (χ1) is 13.0. The van der Waals surface area contributed by atoms with Gasteiger partial charge in [-0.2, -0.15) is 0 Å². The monoisotopic (exact) mass is 430 g/mol. The fraction of sp³-hybridized carbons (Fsp3) is 0.250. The molecule has 27 heavy (non-hydrogen) atoms. The molecule has 0 amide bonds. The molecule has 0 unspecified atom stereocenters. The number of rotatable bonds is 5. The van der Waals surface area contributed by atoms with Crippen molar-refractivity contribution in [3.8, 4) is 16.9 Å². The fourth-order valence-corrected chi connectivity index (χ4v) is 3.75. The number of carbonyl (C=O) groups is 2. The van der Waals surface area contributed by atoms with Gasteiger partial charge >= 0.3 is 11.9 Å². The second-order valence-corrected chi connectivity index (χ2v) is 6.50. The quantitative estimate of drug-likeness (QED) is 0.344. The van der Waals surface area contributed by atoms with Gasteiger partial charge in [0.1, 0.15) is 5.75 Å². The number of hydrogen-bond acceptors (Lipinski definition) is 5. The zero-order chi connectivity index (χ0) is 19.6. The predicted octanol–water partition coefficient (Wildman–Crippen LogP) is 4.24. The Kier molecular flexibility index (Phi) is 5.60. The van der Waals surface area contributed by atoms with Crippen molar-refractivity contribution in [1.82, 2.24) is 9.55 Å². The van der Waals surface area contributed by atoms with E-state index in [9.17, 15) is 9.59 Å². The molecule has 6 nitrogen and oxygen atoms in total. The third-order valence-corrected chi connectivity index (χ3v) is 4.79. The van der Waals surface area contributed by atoms with E-state index in [1.165, 1.54) is 6.92 Å². The van der Waals surface area contributed by atoms with Crippen molar-refractivity contribution in [1.29, 1.82) is 0 Å². The van der Waals surface area contributed by atoms with Gasteiger partial charge in [-0.15, -0.1) is 0 Å². The van der Waals surface area contributed by atoms with Gasteiger partial charge in [0.25, 0.3) is 0 Å². The number of hydrogen-bond donors (Lipinski definition) is 0. The Morgan fingerprint density at radius 2 is 2.07 bits per heavy atom. The molecule has 2 aromatic heterocycles. The average molecular weight is 431 g/mol. The maximum atomic E-state index is 12.6. The molecule has 0 saturated carbocycles. The smallest absolute Gasteiger partial charge is 0.340 e. The third-order valence-electron chi connectivity index (χ3n) is 4.25. The average Bonchev–Trinajstić information content (AvgIpc) is 2.92. The van der Waals surface area contributed by atoms with E-state index < -0.39 is 11.9 Å². The lowest BCUT2D eigenvalue weighted by molar-refractivity contribution is -0.131. The van der Waals surface area contributed by atoms with E-state index in [2.05, 4.69) is 20.9 Å². The van der Waals surface area contributed by atoms with Crippen LogP contribution in [0.2, 0.25) is 0 Å². The van der Waals surface area contributed by atoms with Gasteiger partial charge in [0, 0.05) is 59.4 Å². The summed E-state index contributed by atoms with van der Waals surface area (Å²) in [6, 6.07) is 7.33. The second kappa shape index (κ2) is 7.92. The number of ether oxygens (including phenoxy) is 2. The lowest BCUT2D eigenvalue weighted by Crippen LogP contribution is -2.08. The Hall–Kier alpha value is -2.67. The minimum atomic E-state index is -0.436. The fourth-order valence-electron chi connectivity index (χ4n) is 3.09. The highest BCUT2D eigenvalue weighted by molar-refractivity contribution is 9.08. The van der Waals surface area contributed by atoms with Crippen molar-refractivity contribution < 1.29 is 19.1 Å². The van der Waals surface area contributed by atoms with Gasteiger partial charge in [-0.25, -0.2) is 4.79 Å². The highest BCUT2D eigenvalue weighted by atomic mass is 79.9. The van der Waals surface area contributed by atoms with Crippen molar-refractivity contribution in [3.63, 3.8) is 0 Å². The minimum absolute atomic E-state index is 0.279. The maximum Gasteiger partial charge on any atom is 0.340 e. The largest absolute Gasteiger partial charge is 0.462 e. The summed E-state index contributed by atoms with van der Waals surface area (Å²) in [5, 5.41) is 1.16. The van der Waals surface area contributed by atoms with Crippen LogP contribution in [0.5, 0.6) is 5.75 Å². The molecule has 0 spiro atoms. The Labute approximate surface area is 165 Å². The molecule has 7 heteroatoms. The standard InChI is InChI=1S/C20H19BrN2O4/c1-4-26-20(25)19-15-9-18(27-12(2)24)14(13-6-5-7-22-11-13)8-16(15)23(3)17(19)10-21/h5-9,11H,4,10H2,1-3H3. The SMILES string of the molecule is CCOC(=O)c1c(CBr)n(C)c2cc(-c3cccnc3)c(OC(C)=O)cc12. The minimum Gasteiger partial charge on any atom is -0.462 e. The number of esters is 2. The maximum absolute atomic E-state index is 12.6. The van der Waals surface area contributed by atoms with Crippen molar-refractivity contribution in [2.75, 3.05) is 6.61 Å². The van der Waals surface area contributed by atoms with Gasteiger partial charge < -0.3 is 14.0 Å². The molecular formula is C20H19BrN2O4. The normalized spacial score (nSPS) is 10.8. The van der Waals surface area contributed by atoms with Gasteiger partial charge in [-0.3, -0.25) is 9.78 Å². The molecule has 0 atom stereocenters. The first-order valence-electron chi connectivity index (χ1n) is 8.45. The molecule has 0 aliphatic heterocycles. The molecule has 0 aliphatic carbocycles. The Bertz CT molecular complexity index is 1010. The van der Waals surface area contributed by atoms with Crippen LogP contribution >= 0.6 is 15.9 Å². The summed E-state index contributed by atoms with van der Waals surface area (Å²) in [7, 11) is 1.89. The van der Waals surface area contributed by atoms with E-state index in [4.69, 9.17) is 9.47 Å². The number of alkyl halides is 1. The Balaban J connectivity index is 2.34. The number of pyridine rings is 1. The van der Waals surface area contributed by atoms with Crippen LogP contribution in [0.4, 0.5) is 0 Å². The number of aromatic nitrogens is 2. The molecule has 3 aromatic rings. The summed E-state index contributed by atoms with van der Waals surface area (Å²) in [6.45, 7) is 3.39. The van der Waals surface area contributed by atoms with Crippen molar-refractivity contribution in [2.45, 2.75) is 19.2 Å². The number of halogens is 1. The molecule has 1 aromatic carbocycles. The summed E-state index contributed by atoms with van der Waals surface area (Å²) in [6.07, 6.45) is 3.38. The molecule has 0 saturated heterocycles. The molecule has 0 aliphatic rings. The first kappa shape index (κ1) is 19.1. The van der Waals surface area contributed by atoms with Gasteiger partial charge in [0.2, 0.25) is 0 Å². The van der Waals surface area contributed by atoms with Crippen LogP contribution in [-0.2, 0) is 21.9 Å². The van der Waals surface area contributed by atoms with Gasteiger partial charge in [-0.05, 0) is 25.1 Å². The summed E-state index contributed by atoms with van der Waals surface area (Å²) >= 11 is 3.45. The van der Waals surface area contributed by atoms with Crippen LogP contribution in [0.15, 0.2) is 36.7 Å². The number of carbonyl (C=O) groups excluding carboxylic acids is 2. The highest BCUT2D eigenvalue weighted by Crippen LogP contribution is 2.38. The van der Waals surface area contributed by atoms with Crippen LogP contribution in [0.3, 0.4) is 0 Å². The van der Waals surface area contributed by atoms with E-state index in [1.807, 2.05) is 29.8 Å². The summed E-state index contributed by atoms with van der Waals surface area (Å²) in [5.41, 5.74) is 3.64. The van der Waals surface area contributed by atoms with Crippen LogP contribution in [-0.4, -0.2) is 28.1 Å². The molecular weight excluding hydrogens is 412 g/mol. The van der Waals surface area contributed by atoms with Crippen LogP contribution < -0.4 is 4.74 Å². The lowest BCUT2D eigenvalue weighted by Gasteiger charge is -2.11. The number of benzene rings is 1. The summed E-state index contributed by atoms with van der Waals surface area (Å²) < 4.78 is 12.6. The lowest BCUT2D eigenvalue weighted by atomic mass is 10.0. The van der Waals surface area contributed by atoms with E-state index in [-0.39, 0.29) is 6.61 Å². The molecule has 0 fully saturated rings. The Morgan fingerprint density at radius 1 is 1.30 bits per heavy atom. The Morgan fingerprint density at radius 3 is 2.67 bits per heavy atom. The van der Waals surface area contributed by atoms with Crippen LogP contribution in [0.25, 0.3) is 22.0 Å². The zero-order valence-corrected chi connectivity index (χ0v) is 16.9. The third kappa shape index (κ3) is 3.60. The second-order valence-electron chi connectivity index (χ2n) is 5.94. The summed E-state index contributed by atoms with van der Waals surface area (Å²) in [4.78, 5) is 28.4. The zero-order valence-electron chi connectivity index (χ0n) is 15.3. The van der Waals surface area contributed by atoms with Crippen molar-refractivity contribution in [2.24, 2.45) is 7.05 Å². The first-order valence-corrected chi connectivity index (χ1v) is 9.57. The topological polar surface area (TPSA) is 70.4 Å². The summed E-state index contributed by atoms with van der Waals surface area (Å²) in [5.74, 6) is -0.463. The predicted molar refractivity (Wildman–Crippen MR) is 106 cm³/mol. The number of aryl methyl sites for hydroxylation is 1. The van der Waals surface area contributed by atoms with E-state index >= 15 is 0 Å². The molecule has 3 rings (SSSR count). The van der Waals surface area contributed by atoms with Crippen molar-refractivity contribution >= 4 is 38.8 Å². The molecule has 0 bridgehead atoms.